The molecule has 5 heteroatoms. The molecule has 0 bridgehead atoms. The molecule has 3 rings (SSSR count). The smallest absolute Gasteiger partial charge is 0.122 e. The summed E-state index contributed by atoms with van der Waals surface area (Å²) in [6.45, 7) is 3.89. The van der Waals surface area contributed by atoms with E-state index in [4.69, 9.17) is 4.74 Å². The zero-order chi connectivity index (χ0) is 13.8. The van der Waals surface area contributed by atoms with E-state index in [1.807, 2.05) is 6.20 Å². The molecule has 1 aromatic carbocycles. The van der Waals surface area contributed by atoms with E-state index >= 15 is 0 Å². The van der Waals surface area contributed by atoms with Crippen LogP contribution in [0.1, 0.15) is 36.2 Å². The SMILES string of the molecule is CCNC(CCc1ccc2c(c1)CCO2)c1cnsn1. The quantitative estimate of drug-likeness (QED) is 0.888. The third-order valence-electron chi connectivity index (χ3n) is 3.66. The third-order valence-corrected chi connectivity index (χ3v) is 4.15. The lowest BCUT2D eigenvalue weighted by Crippen LogP contribution is -2.21. The molecule has 4 nitrogen and oxygen atoms in total. The Morgan fingerprint density at radius 1 is 1.45 bits per heavy atom. The van der Waals surface area contributed by atoms with Crippen LogP contribution in [0.15, 0.2) is 24.4 Å². The summed E-state index contributed by atoms with van der Waals surface area (Å²) in [7, 11) is 0. The van der Waals surface area contributed by atoms with Gasteiger partial charge in [-0.3, -0.25) is 0 Å². The predicted molar refractivity (Wildman–Crippen MR) is 80.3 cm³/mol. The summed E-state index contributed by atoms with van der Waals surface area (Å²) in [5.74, 6) is 1.06. The molecule has 2 heterocycles. The summed E-state index contributed by atoms with van der Waals surface area (Å²) in [6.07, 6.45) is 4.99. The van der Waals surface area contributed by atoms with Gasteiger partial charge in [-0.25, -0.2) is 0 Å². The van der Waals surface area contributed by atoms with Crippen molar-refractivity contribution in [2.24, 2.45) is 0 Å². The van der Waals surface area contributed by atoms with Crippen LogP contribution < -0.4 is 10.1 Å². The Balaban J connectivity index is 1.65. The number of fused-ring (bicyclic) bond motifs is 1. The van der Waals surface area contributed by atoms with Crippen molar-refractivity contribution in [2.45, 2.75) is 32.2 Å². The van der Waals surface area contributed by atoms with Gasteiger partial charge in [0.15, 0.2) is 0 Å². The fourth-order valence-electron chi connectivity index (χ4n) is 2.63. The summed E-state index contributed by atoms with van der Waals surface area (Å²) < 4.78 is 14.0. The van der Waals surface area contributed by atoms with Crippen LogP contribution in [-0.4, -0.2) is 21.9 Å². The number of hydrogen-bond donors (Lipinski definition) is 1. The molecule has 0 spiro atoms. The van der Waals surface area contributed by atoms with E-state index in [9.17, 15) is 0 Å². The molecule has 0 saturated heterocycles. The highest BCUT2D eigenvalue weighted by molar-refractivity contribution is 6.99. The van der Waals surface area contributed by atoms with Crippen molar-refractivity contribution in [1.82, 2.24) is 14.1 Å². The van der Waals surface area contributed by atoms with Crippen LogP contribution in [0.3, 0.4) is 0 Å². The maximum Gasteiger partial charge on any atom is 0.122 e. The highest BCUT2D eigenvalue weighted by Crippen LogP contribution is 2.27. The second-order valence-electron chi connectivity index (χ2n) is 5.02. The Kier molecular flexibility index (Phi) is 4.28. The summed E-state index contributed by atoms with van der Waals surface area (Å²) in [4.78, 5) is 0. The van der Waals surface area contributed by atoms with Crippen LogP contribution in [-0.2, 0) is 12.8 Å². The van der Waals surface area contributed by atoms with Crippen LogP contribution in [0.4, 0.5) is 0 Å². The zero-order valence-electron chi connectivity index (χ0n) is 11.6. The van der Waals surface area contributed by atoms with Crippen molar-refractivity contribution < 1.29 is 4.74 Å². The molecule has 1 aliphatic rings. The number of rotatable bonds is 6. The van der Waals surface area contributed by atoms with Gasteiger partial charge in [0.2, 0.25) is 0 Å². The van der Waals surface area contributed by atoms with E-state index in [0.29, 0.717) is 6.04 Å². The molecule has 106 valence electrons. The first kappa shape index (κ1) is 13.5. The van der Waals surface area contributed by atoms with Gasteiger partial charge in [0, 0.05) is 6.42 Å². The van der Waals surface area contributed by atoms with E-state index in [0.717, 1.165) is 43.9 Å². The molecule has 0 saturated carbocycles. The molecule has 0 aliphatic carbocycles. The van der Waals surface area contributed by atoms with Gasteiger partial charge in [-0.1, -0.05) is 19.1 Å². The number of aromatic nitrogens is 2. The maximum atomic E-state index is 5.55. The fourth-order valence-corrected chi connectivity index (χ4v) is 3.10. The van der Waals surface area contributed by atoms with E-state index in [1.54, 1.807) is 0 Å². The van der Waals surface area contributed by atoms with E-state index in [1.165, 1.54) is 22.9 Å². The summed E-state index contributed by atoms with van der Waals surface area (Å²) in [5, 5.41) is 3.49. The van der Waals surface area contributed by atoms with Crippen LogP contribution in [0.5, 0.6) is 5.75 Å². The van der Waals surface area contributed by atoms with Crippen LogP contribution >= 0.6 is 11.7 Å². The van der Waals surface area contributed by atoms with Gasteiger partial charge in [0.25, 0.3) is 0 Å². The highest BCUT2D eigenvalue weighted by atomic mass is 32.1. The monoisotopic (exact) mass is 289 g/mol. The molecular formula is C15H19N3OS. The van der Waals surface area contributed by atoms with Crippen LogP contribution in [0.2, 0.25) is 0 Å². The van der Waals surface area contributed by atoms with Gasteiger partial charge in [0.1, 0.15) is 5.75 Å². The highest BCUT2D eigenvalue weighted by Gasteiger charge is 2.15. The van der Waals surface area contributed by atoms with Gasteiger partial charge in [-0.2, -0.15) is 8.75 Å². The van der Waals surface area contributed by atoms with Crippen molar-refractivity contribution in [3.63, 3.8) is 0 Å². The molecule has 0 radical (unpaired) electrons. The molecule has 1 aliphatic heterocycles. The van der Waals surface area contributed by atoms with Crippen LogP contribution in [0, 0.1) is 0 Å². The Morgan fingerprint density at radius 3 is 3.20 bits per heavy atom. The normalized spacial score (nSPS) is 14.8. The van der Waals surface area contributed by atoms with Gasteiger partial charge in [-0.05, 0) is 36.6 Å². The van der Waals surface area contributed by atoms with Crippen LogP contribution in [0.25, 0.3) is 0 Å². The number of hydrogen-bond acceptors (Lipinski definition) is 5. The van der Waals surface area contributed by atoms with Gasteiger partial charge < -0.3 is 10.1 Å². The number of nitrogens with zero attached hydrogens (tertiary/aromatic N) is 2. The Hall–Kier alpha value is -1.46. The minimum absolute atomic E-state index is 0.295. The minimum atomic E-state index is 0.295. The van der Waals surface area contributed by atoms with E-state index in [2.05, 4.69) is 39.2 Å². The predicted octanol–water partition coefficient (Wildman–Crippen LogP) is 2.76. The number of nitrogens with one attached hydrogen (secondary N) is 1. The first-order chi connectivity index (χ1) is 9.86. The lowest BCUT2D eigenvalue weighted by molar-refractivity contribution is 0.357. The first-order valence-electron chi connectivity index (χ1n) is 7.12. The molecule has 1 unspecified atom stereocenters. The Labute approximate surface area is 123 Å². The van der Waals surface area contributed by atoms with Crippen molar-refractivity contribution in [1.29, 1.82) is 0 Å². The zero-order valence-corrected chi connectivity index (χ0v) is 12.4. The van der Waals surface area contributed by atoms with Crippen molar-refractivity contribution >= 4 is 11.7 Å². The average molecular weight is 289 g/mol. The number of benzene rings is 1. The maximum absolute atomic E-state index is 5.55. The average Bonchev–Trinajstić information content (AvgIpc) is 3.13. The lowest BCUT2D eigenvalue weighted by Gasteiger charge is -2.15. The molecule has 0 fully saturated rings. The molecular weight excluding hydrogens is 270 g/mol. The topological polar surface area (TPSA) is 47.0 Å². The first-order valence-corrected chi connectivity index (χ1v) is 7.85. The van der Waals surface area contributed by atoms with Gasteiger partial charge in [0.05, 0.1) is 36.3 Å². The van der Waals surface area contributed by atoms with Crippen molar-refractivity contribution in [3.05, 3.63) is 41.2 Å². The minimum Gasteiger partial charge on any atom is -0.493 e. The standard InChI is InChI=1S/C15H19N3OS/c1-2-16-13(14-10-17-20-18-14)5-3-11-4-6-15-12(9-11)7-8-19-15/h4,6,9-10,13,16H,2-3,5,7-8H2,1H3. The second kappa shape index (κ2) is 6.33. The largest absolute Gasteiger partial charge is 0.493 e. The third kappa shape index (κ3) is 2.99. The lowest BCUT2D eigenvalue weighted by atomic mass is 10.0. The molecule has 1 atom stereocenters. The summed E-state index contributed by atoms with van der Waals surface area (Å²) in [6, 6.07) is 6.85. The molecule has 1 N–H and O–H groups in total. The fraction of sp³-hybridized carbons (Fsp3) is 0.467. The molecule has 0 amide bonds. The number of ether oxygens (including phenoxy) is 1. The molecule has 2 aromatic rings. The van der Waals surface area contributed by atoms with Crippen molar-refractivity contribution in [2.75, 3.05) is 13.2 Å². The Bertz CT molecular complexity index is 556. The second-order valence-corrected chi connectivity index (χ2v) is 5.58. The molecule has 20 heavy (non-hydrogen) atoms. The van der Waals surface area contributed by atoms with Gasteiger partial charge in [-0.15, -0.1) is 0 Å². The van der Waals surface area contributed by atoms with Crippen molar-refractivity contribution in [3.8, 4) is 5.75 Å². The van der Waals surface area contributed by atoms with E-state index < -0.39 is 0 Å². The number of aryl methyl sites for hydroxylation is 1. The summed E-state index contributed by atoms with van der Waals surface area (Å²) >= 11 is 1.28. The van der Waals surface area contributed by atoms with E-state index in [-0.39, 0.29) is 0 Å². The van der Waals surface area contributed by atoms with Gasteiger partial charge >= 0.3 is 0 Å². The summed E-state index contributed by atoms with van der Waals surface area (Å²) in [5.41, 5.74) is 3.78. The molecule has 1 aromatic heterocycles. The Morgan fingerprint density at radius 2 is 2.40 bits per heavy atom.